The number of nitrogens with zero attached hydrogens (tertiary/aromatic N) is 1. The molecule has 1 rings (SSSR count). The van der Waals surface area contributed by atoms with Crippen molar-refractivity contribution in [1.29, 1.82) is 5.26 Å². The smallest absolute Gasteiger partial charge is 0.0991 e. The van der Waals surface area contributed by atoms with Crippen LogP contribution in [0.1, 0.15) is 38.3 Å². The molecular formula is C11H15N. The predicted octanol–water partition coefficient (Wildman–Crippen LogP) is 3.32. The molecule has 12 heavy (non-hydrogen) atoms. The average molecular weight is 161 g/mol. The number of hydrogen-bond acceptors (Lipinski definition) is 1. The standard InChI is InChI=1S/C10H11N.CH4/c1-8(2)10-5-3-9(7-11)4-6-10;/h3-6,8H,1-2H3;1H4. The van der Waals surface area contributed by atoms with Crippen molar-refractivity contribution >= 4 is 0 Å². The van der Waals surface area contributed by atoms with Gasteiger partial charge in [-0.1, -0.05) is 33.4 Å². The van der Waals surface area contributed by atoms with Gasteiger partial charge in [-0.05, 0) is 23.6 Å². The van der Waals surface area contributed by atoms with Crippen LogP contribution in [-0.2, 0) is 0 Å². The third-order valence-electron chi connectivity index (χ3n) is 1.71. The quantitative estimate of drug-likeness (QED) is 0.619. The highest BCUT2D eigenvalue weighted by Gasteiger charge is 1.96. The fourth-order valence-corrected chi connectivity index (χ4v) is 0.943. The molecule has 0 atom stereocenters. The van der Waals surface area contributed by atoms with E-state index in [-0.39, 0.29) is 7.43 Å². The summed E-state index contributed by atoms with van der Waals surface area (Å²) in [6.07, 6.45) is 0. The fraction of sp³-hybridized carbons (Fsp3) is 0.364. The minimum atomic E-state index is 0. The van der Waals surface area contributed by atoms with E-state index < -0.39 is 0 Å². The van der Waals surface area contributed by atoms with E-state index in [1.165, 1.54) is 5.56 Å². The van der Waals surface area contributed by atoms with Crippen LogP contribution in [0.4, 0.5) is 0 Å². The Labute approximate surface area is 74.7 Å². The summed E-state index contributed by atoms with van der Waals surface area (Å²) < 4.78 is 0. The molecule has 1 nitrogen and oxygen atoms in total. The zero-order valence-electron chi connectivity index (χ0n) is 6.83. The van der Waals surface area contributed by atoms with Crippen LogP contribution in [0.15, 0.2) is 24.3 Å². The zero-order valence-corrected chi connectivity index (χ0v) is 6.83. The Kier molecular flexibility index (Phi) is 4.07. The molecule has 0 bridgehead atoms. The summed E-state index contributed by atoms with van der Waals surface area (Å²) in [5, 5.41) is 8.52. The third kappa shape index (κ3) is 2.39. The first kappa shape index (κ1) is 10.7. The van der Waals surface area contributed by atoms with Crippen molar-refractivity contribution in [3.8, 4) is 6.07 Å². The van der Waals surface area contributed by atoms with Crippen molar-refractivity contribution in [3.63, 3.8) is 0 Å². The summed E-state index contributed by atoms with van der Waals surface area (Å²) in [5.41, 5.74) is 2.01. The summed E-state index contributed by atoms with van der Waals surface area (Å²) in [6, 6.07) is 9.81. The van der Waals surface area contributed by atoms with Crippen molar-refractivity contribution in [2.24, 2.45) is 0 Å². The van der Waals surface area contributed by atoms with Gasteiger partial charge in [0.2, 0.25) is 0 Å². The van der Waals surface area contributed by atoms with E-state index in [0.29, 0.717) is 5.92 Å². The molecule has 0 N–H and O–H groups in total. The van der Waals surface area contributed by atoms with E-state index >= 15 is 0 Å². The Morgan fingerprint density at radius 3 is 2.00 bits per heavy atom. The molecule has 0 fully saturated rings. The summed E-state index contributed by atoms with van der Waals surface area (Å²) in [5.74, 6) is 0.544. The molecule has 0 heterocycles. The normalized spacial score (nSPS) is 8.83. The second kappa shape index (κ2) is 4.56. The number of nitriles is 1. The van der Waals surface area contributed by atoms with Gasteiger partial charge >= 0.3 is 0 Å². The molecule has 0 radical (unpaired) electrons. The molecule has 0 aliphatic rings. The van der Waals surface area contributed by atoms with Crippen LogP contribution in [0, 0.1) is 11.3 Å². The van der Waals surface area contributed by atoms with Gasteiger partial charge < -0.3 is 0 Å². The lowest BCUT2D eigenvalue weighted by atomic mass is 10.0. The summed E-state index contributed by atoms with van der Waals surface area (Å²) in [4.78, 5) is 0. The van der Waals surface area contributed by atoms with Crippen LogP contribution in [-0.4, -0.2) is 0 Å². The molecule has 0 aliphatic heterocycles. The van der Waals surface area contributed by atoms with Crippen molar-refractivity contribution in [2.45, 2.75) is 27.2 Å². The first-order chi connectivity index (χ1) is 5.24. The second-order valence-electron chi connectivity index (χ2n) is 2.89. The Bertz CT molecular complexity index is 264. The van der Waals surface area contributed by atoms with E-state index in [4.69, 9.17) is 5.26 Å². The molecule has 0 saturated carbocycles. The van der Waals surface area contributed by atoms with Crippen LogP contribution in [0.25, 0.3) is 0 Å². The predicted molar refractivity (Wildman–Crippen MR) is 52.0 cm³/mol. The Morgan fingerprint density at radius 2 is 1.67 bits per heavy atom. The van der Waals surface area contributed by atoms with E-state index in [2.05, 4.69) is 19.9 Å². The van der Waals surface area contributed by atoms with Gasteiger partial charge in [0.25, 0.3) is 0 Å². The van der Waals surface area contributed by atoms with Gasteiger partial charge in [0.1, 0.15) is 0 Å². The van der Waals surface area contributed by atoms with Crippen molar-refractivity contribution in [1.82, 2.24) is 0 Å². The van der Waals surface area contributed by atoms with E-state index in [1.54, 1.807) is 0 Å². The molecule has 1 aromatic rings. The Balaban J connectivity index is 0.00000121. The maximum atomic E-state index is 8.52. The van der Waals surface area contributed by atoms with E-state index in [1.807, 2.05) is 24.3 Å². The maximum absolute atomic E-state index is 8.52. The monoisotopic (exact) mass is 161 g/mol. The molecule has 64 valence electrons. The fourth-order valence-electron chi connectivity index (χ4n) is 0.943. The lowest BCUT2D eigenvalue weighted by Gasteiger charge is -2.02. The van der Waals surface area contributed by atoms with Crippen LogP contribution in [0.2, 0.25) is 0 Å². The molecule has 1 heteroatoms. The molecule has 1 aromatic carbocycles. The molecule has 0 spiro atoms. The summed E-state index contributed by atoms with van der Waals surface area (Å²) >= 11 is 0. The van der Waals surface area contributed by atoms with Gasteiger partial charge in [-0.25, -0.2) is 0 Å². The van der Waals surface area contributed by atoms with Crippen molar-refractivity contribution in [3.05, 3.63) is 35.4 Å². The average Bonchev–Trinajstić information content (AvgIpc) is 2.05. The first-order valence-corrected chi connectivity index (χ1v) is 3.74. The first-order valence-electron chi connectivity index (χ1n) is 3.74. The van der Waals surface area contributed by atoms with Crippen LogP contribution >= 0.6 is 0 Å². The minimum Gasteiger partial charge on any atom is -0.192 e. The van der Waals surface area contributed by atoms with Gasteiger partial charge in [0.15, 0.2) is 0 Å². The lowest BCUT2D eigenvalue weighted by molar-refractivity contribution is 0.866. The number of hydrogen-bond donors (Lipinski definition) is 0. The van der Waals surface area contributed by atoms with Crippen LogP contribution in [0.5, 0.6) is 0 Å². The lowest BCUT2D eigenvalue weighted by Crippen LogP contribution is -1.85. The van der Waals surface area contributed by atoms with Gasteiger partial charge in [-0.2, -0.15) is 5.26 Å². The molecular weight excluding hydrogens is 146 g/mol. The van der Waals surface area contributed by atoms with E-state index in [0.717, 1.165) is 5.56 Å². The number of benzene rings is 1. The maximum Gasteiger partial charge on any atom is 0.0991 e. The third-order valence-corrected chi connectivity index (χ3v) is 1.71. The summed E-state index contributed by atoms with van der Waals surface area (Å²) in [6.45, 7) is 4.28. The van der Waals surface area contributed by atoms with Crippen molar-refractivity contribution < 1.29 is 0 Å². The van der Waals surface area contributed by atoms with Gasteiger partial charge in [0, 0.05) is 0 Å². The van der Waals surface area contributed by atoms with E-state index in [9.17, 15) is 0 Å². The highest BCUT2D eigenvalue weighted by molar-refractivity contribution is 5.32. The molecule has 0 unspecified atom stereocenters. The van der Waals surface area contributed by atoms with Crippen LogP contribution in [0.3, 0.4) is 0 Å². The topological polar surface area (TPSA) is 23.8 Å². The highest BCUT2D eigenvalue weighted by Crippen LogP contribution is 2.13. The molecule has 0 aliphatic carbocycles. The summed E-state index contributed by atoms with van der Waals surface area (Å²) in [7, 11) is 0. The zero-order chi connectivity index (χ0) is 8.27. The van der Waals surface area contributed by atoms with Gasteiger partial charge in [-0.3, -0.25) is 0 Å². The van der Waals surface area contributed by atoms with Crippen LogP contribution < -0.4 is 0 Å². The Morgan fingerprint density at radius 1 is 1.17 bits per heavy atom. The molecule has 0 saturated heterocycles. The molecule has 0 aromatic heterocycles. The molecule has 0 amide bonds. The SMILES string of the molecule is C.CC(C)c1ccc(C#N)cc1. The largest absolute Gasteiger partial charge is 0.192 e. The Hall–Kier alpha value is -1.29. The van der Waals surface area contributed by atoms with Crippen molar-refractivity contribution in [2.75, 3.05) is 0 Å². The minimum absolute atomic E-state index is 0. The van der Waals surface area contributed by atoms with Gasteiger partial charge in [0.05, 0.1) is 11.6 Å². The van der Waals surface area contributed by atoms with Gasteiger partial charge in [-0.15, -0.1) is 0 Å². The number of rotatable bonds is 1. The second-order valence-corrected chi connectivity index (χ2v) is 2.89. The highest BCUT2D eigenvalue weighted by atomic mass is 14.2.